The smallest absolute Gasteiger partial charge is 0.244 e. The number of unbranched alkanes of at least 4 members (excludes halogenated alkanes) is 1. The van der Waals surface area contributed by atoms with Gasteiger partial charge in [-0.1, -0.05) is 0 Å². The van der Waals surface area contributed by atoms with Gasteiger partial charge in [0.1, 0.15) is 10.7 Å². The van der Waals surface area contributed by atoms with E-state index in [9.17, 15) is 8.42 Å². The Kier molecular flexibility index (Phi) is 6.24. The van der Waals surface area contributed by atoms with E-state index in [4.69, 9.17) is 9.15 Å². The van der Waals surface area contributed by atoms with Crippen LogP contribution >= 0.6 is 15.9 Å². The number of ether oxygens (including phenoxy) is 1. The summed E-state index contributed by atoms with van der Waals surface area (Å²) in [7, 11) is -1.91. The number of furan rings is 1. The average Bonchev–Trinajstić information content (AvgIpc) is 3.18. The molecule has 0 atom stereocenters. The molecule has 21 heavy (non-hydrogen) atoms. The topological polar surface area (TPSA) is 80.6 Å². The molecule has 0 aliphatic heterocycles. The minimum absolute atomic E-state index is 0.154. The van der Waals surface area contributed by atoms with Crippen LogP contribution in [0.25, 0.3) is 0 Å². The fourth-order valence-corrected chi connectivity index (χ4v) is 3.93. The molecule has 0 saturated heterocycles. The van der Waals surface area contributed by atoms with Crippen molar-refractivity contribution in [3.05, 3.63) is 16.5 Å². The number of hydrogen-bond donors (Lipinski definition) is 2. The normalized spacial score (nSPS) is 15.5. The lowest BCUT2D eigenvalue weighted by atomic mass is 10.3. The number of sulfonamides is 1. The van der Waals surface area contributed by atoms with Crippen LogP contribution in [-0.2, 0) is 21.3 Å². The van der Waals surface area contributed by atoms with Crippen molar-refractivity contribution in [1.82, 2.24) is 10.0 Å². The van der Waals surface area contributed by atoms with Gasteiger partial charge in [-0.05, 0) is 41.6 Å². The Morgan fingerprint density at radius 2 is 2.19 bits per heavy atom. The van der Waals surface area contributed by atoms with Crippen molar-refractivity contribution >= 4 is 26.0 Å². The minimum Gasteiger partial charge on any atom is -0.452 e. The summed E-state index contributed by atoms with van der Waals surface area (Å²) < 4.78 is 37.6. The average molecular weight is 381 g/mol. The zero-order valence-corrected chi connectivity index (χ0v) is 14.4. The highest BCUT2D eigenvalue weighted by atomic mass is 79.9. The van der Waals surface area contributed by atoms with Crippen molar-refractivity contribution in [1.29, 1.82) is 0 Å². The highest BCUT2D eigenvalue weighted by Crippen LogP contribution is 2.27. The lowest BCUT2D eigenvalue weighted by molar-refractivity contribution is 0.193. The van der Waals surface area contributed by atoms with E-state index >= 15 is 0 Å². The molecule has 6 nitrogen and oxygen atoms in total. The first-order valence-electron chi connectivity index (χ1n) is 7.03. The molecule has 120 valence electrons. The largest absolute Gasteiger partial charge is 0.452 e. The highest BCUT2D eigenvalue weighted by Gasteiger charge is 2.24. The van der Waals surface area contributed by atoms with Crippen LogP contribution in [0.2, 0.25) is 0 Å². The summed E-state index contributed by atoms with van der Waals surface area (Å²) in [5.74, 6) is 0.619. The molecule has 0 spiro atoms. The van der Waals surface area contributed by atoms with E-state index in [0.29, 0.717) is 31.5 Å². The fourth-order valence-electron chi connectivity index (χ4n) is 1.86. The number of halogens is 1. The summed E-state index contributed by atoms with van der Waals surface area (Å²) in [5, 5.41) is 3.29. The van der Waals surface area contributed by atoms with Gasteiger partial charge in [-0.15, -0.1) is 0 Å². The second-order valence-corrected chi connectivity index (χ2v) is 7.56. The third-order valence-corrected chi connectivity index (χ3v) is 5.52. The zero-order chi connectivity index (χ0) is 15.3. The van der Waals surface area contributed by atoms with E-state index < -0.39 is 10.0 Å². The molecule has 0 aromatic carbocycles. The Morgan fingerprint density at radius 3 is 2.86 bits per heavy atom. The molecule has 2 N–H and O–H groups in total. The van der Waals surface area contributed by atoms with Gasteiger partial charge in [0.15, 0.2) is 4.67 Å². The summed E-state index contributed by atoms with van der Waals surface area (Å²) in [5.41, 5.74) is 0. The molecule has 0 unspecified atom stereocenters. The number of nitrogens with one attached hydrogen (secondary N) is 2. The molecule has 0 bridgehead atoms. The second-order valence-electron chi connectivity index (χ2n) is 5.10. The van der Waals surface area contributed by atoms with E-state index in [1.54, 1.807) is 13.2 Å². The van der Waals surface area contributed by atoms with Gasteiger partial charge in [0.2, 0.25) is 10.0 Å². The van der Waals surface area contributed by atoms with Gasteiger partial charge in [0.25, 0.3) is 0 Å². The molecule has 8 heteroatoms. The Balaban J connectivity index is 1.88. The van der Waals surface area contributed by atoms with Crippen LogP contribution < -0.4 is 10.0 Å². The third kappa shape index (κ3) is 5.37. The summed E-state index contributed by atoms with van der Waals surface area (Å²) in [6.45, 7) is 1.57. The molecule has 1 saturated carbocycles. The summed E-state index contributed by atoms with van der Waals surface area (Å²) in [6, 6.07) is 2.12. The number of methoxy groups -OCH3 is 1. The van der Waals surface area contributed by atoms with Crippen LogP contribution in [0.3, 0.4) is 0 Å². The Hall–Kier alpha value is -0.410. The summed E-state index contributed by atoms with van der Waals surface area (Å²) >= 11 is 3.18. The molecular formula is C13H21BrN2O4S. The molecule has 1 heterocycles. The molecule has 0 radical (unpaired) electrons. The van der Waals surface area contributed by atoms with Crippen molar-refractivity contribution in [3.63, 3.8) is 0 Å². The molecule has 1 aliphatic rings. The van der Waals surface area contributed by atoms with Crippen molar-refractivity contribution in [3.8, 4) is 0 Å². The quantitative estimate of drug-likeness (QED) is 0.606. The van der Waals surface area contributed by atoms with Gasteiger partial charge in [-0.3, -0.25) is 0 Å². The van der Waals surface area contributed by atoms with E-state index in [1.165, 1.54) is 12.8 Å². The van der Waals surface area contributed by atoms with Crippen LogP contribution in [-0.4, -0.2) is 34.7 Å². The van der Waals surface area contributed by atoms with Gasteiger partial charge in [-0.2, -0.15) is 0 Å². The van der Waals surface area contributed by atoms with E-state index in [-0.39, 0.29) is 9.56 Å². The lowest BCUT2D eigenvalue weighted by Gasteiger charge is -2.04. The third-order valence-electron chi connectivity index (χ3n) is 3.21. The van der Waals surface area contributed by atoms with Crippen molar-refractivity contribution in [2.45, 2.75) is 43.2 Å². The van der Waals surface area contributed by atoms with E-state index in [0.717, 1.165) is 12.8 Å². The molecule has 2 rings (SSSR count). The molecule has 1 aliphatic carbocycles. The van der Waals surface area contributed by atoms with Crippen molar-refractivity contribution in [2.75, 3.05) is 20.3 Å². The standard InChI is InChI=1S/C13H21BrN2O4S/c1-19-7-3-2-6-16-21(17,18)12-8-11(20-13(12)14)9-15-10-4-5-10/h8,10,15-16H,2-7,9H2,1H3. The second kappa shape index (κ2) is 7.73. The summed E-state index contributed by atoms with van der Waals surface area (Å²) in [6.07, 6.45) is 3.91. The van der Waals surface area contributed by atoms with Gasteiger partial charge < -0.3 is 14.5 Å². The van der Waals surface area contributed by atoms with Crippen LogP contribution in [0.1, 0.15) is 31.4 Å². The summed E-state index contributed by atoms with van der Waals surface area (Å²) in [4.78, 5) is 0.154. The van der Waals surface area contributed by atoms with Gasteiger partial charge in [-0.25, -0.2) is 13.1 Å². The molecule has 1 fully saturated rings. The predicted molar refractivity (Wildman–Crippen MR) is 82.6 cm³/mol. The first-order chi connectivity index (χ1) is 10.0. The maximum Gasteiger partial charge on any atom is 0.244 e. The van der Waals surface area contributed by atoms with Crippen LogP contribution in [0.5, 0.6) is 0 Å². The van der Waals surface area contributed by atoms with Crippen molar-refractivity contribution in [2.24, 2.45) is 0 Å². The zero-order valence-electron chi connectivity index (χ0n) is 12.0. The van der Waals surface area contributed by atoms with Gasteiger partial charge in [0.05, 0.1) is 6.54 Å². The van der Waals surface area contributed by atoms with Gasteiger partial charge in [0, 0.05) is 32.4 Å². The van der Waals surface area contributed by atoms with Crippen molar-refractivity contribution < 1.29 is 17.6 Å². The van der Waals surface area contributed by atoms with E-state index in [1.807, 2.05) is 0 Å². The first kappa shape index (κ1) is 17.0. The van der Waals surface area contributed by atoms with Crippen LogP contribution in [0, 0.1) is 0 Å². The molecule has 1 aromatic rings. The first-order valence-corrected chi connectivity index (χ1v) is 9.31. The number of hydrogen-bond acceptors (Lipinski definition) is 5. The van der Waals surface area contributed by atoms with Gasteiger partial charge >= 0.3 is 0 Å². The number of rotatable bonds is 10. The SMILES string of the molecule is COCCCCNS(=O)(=O)c1cc(CNC2CC2)oc1Br. The molecule has 0 amide bonds. The maximum absolute atomic E-state index is 12.2. The molecular weight excluding hydrogens is 360 g/mol. The Morgan fingerprint density at radius 1 is 1.43 bits per heavy atom. The predicted octanol–water partition coefficient (Wildman–Crippen LogP) is 2.00. The van der Waals surface area contributed by atoms with Crippen LogP contribution in [0.15, 0.2) is 20.0 Å². The highest BCUT2D eigenvalue weighted by molar-refractivity contribution is 9.10. The minimum atomic E-state index is -3.54. The van der Waals surface area contributed by atoms with Crippen LogP contribution in [0.4, 0.5) is 0 Å². The Labute approximate surface area is 133 Å². The van der Waals surface area contributed by atoms with E-state index in [2.05, 4.69) is 26.0 Å². The molecule has 1 aromatic heterocycles. The monoisotopic (exact) mass is 380 g/mol. The Bertz CT molecular complexity index is 555. The maximum atomic E-state index is 12.2. The lowest BCUT2D eigenvalue weighted by Crippen LogP contribution is -2.25. The fraction of sp³-hybridized carbons (Fsp3) is 0.692.